The molecule has 74 valence electrons. The predicted molar refractivity (Wildman–Crippen MR) is 57.7 cm³/mol. The van der Waals surface area contributed by atoms with Gasteiger partial charge >= 0.3 is 0 Å². The maximum Gasteiger partial charge on any atom is 0.167 e. The average Bonchev–Trinajstić information content (AvgIpc) is 2.43. The van der Waals surface area contributed by atoms with Gasteiger partial charge < -0.3 is 0 Å². The Hall–Kier alpha value is -0.820. The largest absolute Gasteiger partial charge is 0.294 e. The van der Waals surface area contributed by atoms with Crippen LogP contribution in [0.15, 0.2) is 24.3 Å². The van der Waals surface area contributed by atoms with Crippen molar-refractivity contribution in [3.63, 3.8) is 0 Å². The molecule has 0 aliphatic heterocycles. The number of carbonyl (C=O) groups excluding carboxylic acids is 1. The van der Waals surface area contributed by atoms with Crippen molar-refractivity contribution in [3.8, 4) is 0 Å². The van der Waals surface area contributed by atoms with Crippen molar-refractivity contribution >= 4 is 17.4 Å². The topological polar surface area (TPSA) is 17.1 Å². The molecule has 0 amide bonds. The van der Waals surface area contributed by atoms with Crippen LogP contribution in [0.3, 0.4) is 0 Å². The molecule has 0 spiro atoms. The number of ketones is 1. The quantitative estimate of drug-likeness (QED) is 0.689. The summed E-state index contributed by atoms with van der Waals surface area (Å²) in [5, 5.41) is -0.0212. The van der Waals surface area contributed by atoms with Crippen molar-refractivity contribution in [2.24, 2.45) is 5.92 Å². The minimum Gasteiger partial charge on any atom is -0.294 e. The molecule has 0 N–H and O–H groups in total. The van der Waals surface area contributed by atoms with Crippen LogP contribution in [0.4, 0.5) is 0 Å². The van der Waals surface area contributed by atoms with Gasteiger partial charge in [-0.3, -0.25) is 4.79 Å². The summed E-state index contributed by atoms with van der Waals surface area (Å²) in [6.07, 6.45) is -12.4. The van der Waals surface area contributed by atoms with Crippen LogP contribution in [0.2, 0.25) is 5.02 Å². The van der Waals surface area contributed by atoms with Crippen molar-refractivity contribution in [1.29, 1.82) is 0 Å². The van der Waals surface area contributed by atoms with Crippen molar-refractivity contribution in [3.05, 3.63) is 34.9 Å². The second kappa shape index (κ2) is 4.14. The van der Waals surface area contributed by atoms with Crippen LogP contribution in [0.5, 0.6) is 0 Å². The highest BCUT2D eigenvalue weighted by atomic mass is 35.5. The van der Waals surface area contributed by atoms with Gasteiger partial charge in [0.1, 0.15) is 0 Å². The summed E-state index contributed by atoms with van der Waals surface area (Å²) in [4.78, 5) is 12.6. The van der Waals surface area contributed by atoms with Gasteiger partial charge in [0.25, 0.3) is 0 Å². The number of Topliss-reactive ketones (excluding diaryl/α,β-unsaturated/α-hetero) is 1. The van der Waals surface area contributed by atoms with E-state index in [2.05, 4.69) is 0 Å². The van der Waals surface area contributed by atoms with E-state index in [1.165, 1.54) is 24.3 Å². The molecule has 1 fully saturated rings. The third-order valence-electron chi connectivity index (χ3n) is 1.90. The number of halogens is 1. The Bertz CT molecular complexity index is 601. The number of rotatable bonds is 2. The summed E-state index contributed by atoms with van der Waals surface area (Å²) in [6.45, 7) is 0. The van der Waals surface area contributed by atoms with Gasteiger partial charge in [0, 0.05) is 22.4 Å². The van der Waals surface area contributed by atoms with Gasteiger partial charge in [-0.1, -0.05) is 36.5 Å². The Kier molecular flexibility index (Phi) is 1.17. The molecule has 0 aromatic heterocycles. The molecule has 2 rings (SSSR count). The normalized spacial score (nSPS) is 40.1. The first-order valence-corrected chi connectivity index (χ1v) is 4.46. The molecule has 0 unspecified atom stereocenters. The Labute approximate surface area is 100 Å². The molecule has 1 aliphatic carbocycles. The fourth-order valence-electron chi connectivity index (χ4n) is 1.20. The Balaban J connectivity index is 2.64. The fourth-order valence-corrected chi connectivity index (χ4v) is 1.43. The summed E-state index contributed by atoms with van der Waals surface area (Å²) in [5.41, 5.74) is -0.157. The highest BCUT2D eigenvalue weighted by molar-refractivity contribution is 6.34. The minimum absolute atomic E-state index is 0.0212. The SMILES string of the molecule is [2H]C1([2H])C(C(=O)c2ccccc2Cl)C([2H])([2H])C([2H])([2H])C1([2H])[2H]. The molecule has 2 heteroatoms. The molecule has 14 heavy (non-hydrogen) atoms. The minimum atomic E-state index is -3.18. The van der Waals surface area contributed by atoms with E-state index in [9.17, 15) is 4.79 Å². The van der Waals surface area contributed by atoms with Gasteiger partial charge in [0.15, 0.2) is 5.78 Å². The summed E-state index contributed by atoms with van der Waals surface area (Å²) < 4.78 is 62.1. The van der Waals surface area contributed by atoms with Gasteiger partial charge in [-0.15, -0.1) is 0 Å². The lowest BCUT2D eigenvalue weighted by Crippen LogP contribution is -2.11. The molecule has 0 saturated heterocycles. The lowest BCUT2D eigenvalue weighted by atomic mass is 9.96. The average molecular weight is 217 g/mol. The van der Waals surface area contributed by atoms with Crippen molar-refractivity contribution in [2.45, 2.75) is 25.5 Å². The first-order valence-electron chi connectivity index (χ1n) is 8.09. The molecule has 0 bridgehead atoms. The molecule has 1 aromatic rings. The zero-order valence-corrected chi connectivity index (χ0v) is 7.93. The van der Waals surface area contributed by atoms with Gasteiger partial charge in [0.05, 0.1) is 5.02 Å². The Morgan fingerprint density at radius 1 is 1.36 bits per heavy atom. The number of carbonyl (C=O) groups is 1. The highest BCUT2D eigenvalue weighted by Gasteiger charge is 2.24. The fraction of sp³-hybridized carbons (Fsp3) is 0.417. The summed E-state index contributed by atoms with van der Waals surface area (Å²) in [7, 11) is 0. The third kappa shape index (κ3) is 1.83. The number of hydrogen-bond donors (Lipinski definition) is 0. The highest BCUT2D eigenvalue weighted by Crippen LogP contribution is 2.30. The van der Waals surface area contributed by atoms with E-state index in [-0.39, 0.29) is 10.6 Å². The lowest BCUT2D eigenvalue weighted by Gasteiger charge is -2.08. The number of benzene rings is 1. The second-order valence-electron chi connectivity index (χ2n) is 2.82. The van der Waals surface area contributed by atoms with E-state index in [1.807, 2.05) is 0 Å². The van der Waals surface area contributed by atoms with Crippen LogP contribution in [0.25, 0.3) is 0 Å². The number of hydrogen-bond acceptors (Lipinski definition) is 1. The third-order valence-corrected chi connectivity index (χ3v) is 2.23. The van der Waals surface area contributed by atoms with Crippen LogP contribution in [-0.4, -0.2) is 5.78 Å². The molecular weight excluding hydrogens is 196 g/mol. The van der Waals surface area contributed by atoms with Crippen LogP contribution in [0, 0.1) is 5.92 Å². The monoisotopic (exact) mass is 216 g/mol. The van der Waals surface area contributed by atoms with E-state index >= 15 is 0 Å². The molecule has 1 aliphatic rings. The van der Waals surface area contributed by atoms with E-state index < -0.39 is 37.2 Å². The van der Waals surface area contributed by atoms with Gasteiger partial charge in [0.2, 0.25) is 0 Å². The first-order chi connectivity index (χ1) is 9.80. The van der Waals surface area contributed by atoms with Crippen LogP contribution in [0.1, 0.15) is 46.8 Å². The van der Waals surface area contributed by atoms with Crippen molar-refractivity contribution in [1.82, 2.24) is 0 Å². The van der Waals surface area contributed by atoms with E-state index in [0.717, 1.165) is 0 Å². The van der Waals surface area contributed by atoms with Crippen molar-refractivity contribution in [2.75, 3.05) is 0 Å². The maximum absolute atomic E-state index is 12.6. The van der Waals surface area contributed by atoms with Crippen molar-refractivity contribution < 1.29 is 15.8 Å². The van der Waals surface area contributed by atoms with E-state index in [1.54, 1.807) is 0 Å². The Morgan fingerprint density at radius 3 is 2.64 bits per heavy atom. The second-order valence-corrected chi connectivity index (χ2v) is 3.22. The lowest BCUT2D eigenvalue weighted by molar-refractivity contribution is 0.0923. The first kappa shape index (κ1) is 3.97. The maximum atomic E-state index is 12.6. The van der Waals surface area contributed by atoms with Crippen LogP contribution in [-0.2, 0) is 0 Å². The molecular formula is C12H13ClO. The summed E-state index contributed by atoms with van der Waals surface area (Å²) in [6, 6.07) is 5.65. The molecule has 1 saturated carbocycles. The van der Waals surface area contributed by atoms with Gasteiger partial charge in [-0.05, 0) is 24.9 Å². The van der Waals surface area contributed by atoms with E-state index in [0.29, 0.717) is 0 Å². The van der Waals surface area contributed by atoms with Crippen LogP contribution < -0.4 is 0 Å². The van der Waals surface area contributed by atoms with Gasteiger partial charge in [-0.25, -0.2) is 0 Å². The zero-order chi connectivity index (χ0) is 17.1. The van der Waals surface area contributed by atoms with Gasteiger partial charge in [-0.2, -0.15) is 0 Å². The molecule has 1 aromatic carbocycles. The molecule has 0 heterocycles. The zero-order valence-electron chi connectivity index (χ0n) is 15.2. The summed E-state index contributed by atoms with van der Waals surface area (Å²) >= 11 is 5.87. The Morgan fingerprint density at radius 2 is 2.00 bits per heavy atom. The van der Waals surface area contributed by atoms with E-state index in [4.69, 9.17) is 22.6 Å². The predicted octanol–water partition coefficient (Wildman–Crippen LogP) is 3.71. The smallest absolute Gasteiger partial charge is 0.167 e. The summed E-state index contributed by atoms with van der Waals surface area (Å²) in [5.74, 6) is -3.20. The van der Waals surface area contributed by atoms with Crippen LogP contribution >= 0.6 is 11.6 Å². The molecule has 1 nitrogen and oxygen atoms in total. The molecule has 0 radical (unpaired) electrons. The standard InChI is InChI=1S/C12H13ClO/c13-11-8-4-3-7-10(11)12(14)9-5-1-2-6-9/h3-4,7-9H,1-2,5-6H2/i1D2,2D2,5D2,6D2. The molecule has 0 atom stereocenters.